The first-order chi connectivity index (χ1) is 5.77. The third-order valence-electron chi connectivity index (χ3n) is 2.02. The minimum atomic E-state index is 0. The van der Waals surface area contributed by atoms with Gasteiger partial charge in [0.1, 0.15) is 0 Å². The fourth-order valence-electron chi connectivity index (χ4n) is 1.42. The Morgan fingerprint density at radius 3 is 2.77 bits per heavy atom. The van der Waals surface area contributed by atoms with Gasteiger partial charge in [0.2, 0.25) is 0 Å². The maximum atomic E-state index is 5.04. The molecule has 1 aromatic carbocycles. The zero-order valence-corrected chi connectivity index (χ0v) is 10.6. The summed E-state index contributed by atoms with van der Waals surface area (Å²) in [6.45, 7) is 2.10. The first kappa shape index (κ1) is 11.0. The van der Waals surface area contributed by atoms with E-state index in [1.54, 1.807) is 0 Å². The SMILES string of the molecule is CC1NC(=S)Nc2ccccc21.[Na]. The number of para-hydroxylation sites is 1. The van der Waals surface area contributed by atoms with Crippen LogP contribution < -0.4 is 10.6 Å². The fraction of sp³-hybridized carbons (Fsp3) is 0.222. The Morgan fingerprint density at radius 1 is 1.31 bits per heavy atom. The summed E-state index contributed by atoms with van der Waals surface area (Å²) in [6.07, 6.45) is 0. The molecule has 0 fully saturated rings. The summed E-state index contributed by atoms with van der Waals surface area (Å²) in [5.74, 6) is 0. The van der Waals surface area contributed by atoms with Crippen LogP contribution in [0.4, 0.5) is 5.69 Å². The zero-order valence-electron chi connectivity index (χ0n) is 7.79. The molecule has 1 heterocycles. The van der Waals surface area contributed by atoms with Crippen LogP contribution in [0.2, 0.25) is 0 Å². The van der Waals surface area contributed by atoms with E-state index in [4.69, 9.17) is 12.2 Å². The predicted molar refractivity (Wildman–Crippen MR) is 60.0 cm³/mol. The van der Waals surface area contributed by atoms with Gasteiger partial charge in [0, 0.05) is 35.2 Å². The van der Waals surface area contributed by atoms with Crippen molar-refractivity contribution in [1.82, 2.24) is 5.32 Å². The summed E-state index contributed by atoms with van der Waals surface area (Å²) < 4.78 is 0. The number of fused-ring (bicyclic) bond motifs is 1. The van der Waals surface area contributed by atoms with Crippen molar-refractivity contribution in [3.05, 3.63) is 29.8 Å². The first-order valence-corrected chi connectivity index (χ1v) is 4.34. The Hall–Kier alpha value is -0.0900. The summed E-state index contributed by atoms with van der Waals surface area (Å²) in [4.78, 5) is 0. The van der Waals surface area contributed by atoms with Crippen molar-refractivity contribution >= 4 is 52.6 Å². The monoisotopic (exact) mass is 201 g/mol. The number of hydrogen-bond acceptors (Lipinski definition) is 1. The van der Waals surface area contributed by atoms with Gasteiger partial charge >= 0.3 is 0 Å². The topological polar surface area (TPSA) is 24.1 Å². The van der Waals surface area contributed by atoms with Gasteiger partial charge in [0.25, 0.3) is 0 Å². The molecule has 1 aromatic rings. The zero-order chi connectivity index (χ0) is 8.55. The van der Waals surface area contributed by atoms with Crippen LogP contribution in [0.15, 0.2) is 24.3 Å². The quantitative estimate of drug-likeness (QED) is 0.493. The van der Waals surface area contributed by atoms with E-state index in [9.17, 15) is 0 Å². The Kier molecular flexibility index (Phi) is 3.74. The fourth-order valence-corrected chi connectivity index (χ4v) is 1.71. The number of hydrogen-bond donors (Lipinski definition) is 2. The second kappa shape index (κ2) is 4.42. The van der Waals surface area contributed by atoms with Crippen LogP contribution in [0.3, 0.4) is 0 Å². The van der Waals surface area contributed by atoms with Crippen LogP contribution in [0, 0.1) is 0 Å². The Morgan fingerprint density at radius 2 is 2.00 bits per heavy atom. The molecule has 2 nitrogen and oxygen atoms in total. The van der Waals surface area contributed by atoms with Gasteiger partial charge in [-0.3, -0.25) is 0 Å². The molecule has 1 aliphatic heterocycles. The summed E-state index contributed by atoms with van der Waals surface area (Å²) in [6, 6.07) is 8.50. The molecule has 0 aromatic heterocycles. The van der Waals surface area contributed by atoms with Crippen molar-refractivity contribution in [3.8, 4) is 0 Å². The van der Waals surface area contributed by atoms with Gasteiger partial charge < -0.3 is 10.6 Å². The van der Waals surface area contributed by atoms with Crippen molar-refractivity contribution in [1.29, 1.82) is 0 Å². The molecular weight excluding hydrogens is 191 g/mol. The van der Waals surface area contributed by atoms with Crippen LogP contribution >= 0.6 is 12.2 Å². The molecule has 2 N–H and O–H groups in total. The van der Waals surface area contributed by atoms with Crippen LogP contribution in [-0.2, 0) is 0 Å². The third-order valence-corrected chi connectivity index (χ3v) is 2.24. The number of nitrogens with one attached hydrogen (secondary N) is 2. The predicted octanol–water partition coefficient (Wildman–Crippen LogP) is 1.67. The van der Waals surface area contributed by atoms with E-state index >= 15 is 0 Å². The average molecular weight is 201 g/mol. The van der Waals surface area contributed by atoms with Gasteiger partial charge in [0.05, 0.1) is 6.04 Å². The molecule has 1 atom stereocenters. The maximum Gasteiger partial charge on any atom is 0.171 e. The molecule has 0 amide bonds. The Bertz CT molecular complexity index is 327. The van der Waals surface area contributed by atoms with Crippen LogP contribution in [0.5, 0.6) is 0 Å². The van der Waals surface area contributed by atoms with Crippen LogP contribution in [0.25, 0.3) is 0 Å². The second-order valence-corrected chi connectivity index (χ2v) is 3.32. The molecule has 2 rings (SSSR count). The maximum absolute atomic E-state index is 5.04. The van der Waals surface area contributed by atoms with Gasteiger partial charge in [-0.1, -0.05) is 18.2 Å². The number of anilines is 1. The molecule has 4 heteroatoms. The molecule has 0 saturated carbocycles. The van der Waals surface area contributed by atoms with E-state index in [1.165, 1.54) is 5.56 Å². The standard InChI is InChI=1S/C9H10N2S.Na/c1-6-7-4-2-3-5-8(7)11-9(12)10-6;/h2-6H,1H3,(H2,10,11,12);. The van der Waals surface area contributed by atoms with Crippen molar-refractivity contribution in [3.63, 3.8) is 0 Å². The first-order valence-electron chi connectivity index (χ1n) is 3.94. The second-order valence-electron chi connectivity index (χ2n) is 2.91. The number of benzene rings is 1. The van der Waals surface area contributed by atoms with Crippen molar-refractivity contribution in [2.75, 3.05) is 5.32 Å². The molecule has 0 aliphatic carbocycles. The van der Waals surface area contributed by atoms with Gasteiger partial charge in [-0.25, -0.2) is 0 Å². The van der Waals surface area contributed by atoms with E-state index in [1.807, 2.05) is 18.2 Å². The Labute approximate surface area is 105 Å². The van der Waals surface area contributed by atoms with Gasteiger partial charge in [-0.05, 0) is 30.8 Å². The van der Waals surface area contributed by atoms with Gasteiger partial charge in [0.15, 0.2) is 5.11 Å². The molecule has 63 valence electrons. The van der Waals surface area contributed by atoms with E-state index in [0.29, 0.717) is 11.2 Å². The van der Waals surface area contributed by atoms with E-state index in [-0.39, 0.29) is 29.6 Å². The van der Waals surface area contributed by atoms with E-state index < -0.39 is 0 Å². The minimum absolute atomic E-state index is 0. The van der Waals surface area contributed by atoms with Gasteiger partial charge in [-0.2, -0.15) is 0 Å². The normalized spacial score (nSPS) is 19.2. The molecule has 1 radical (unpaired) electrons. The van der Waals surface area contributed by atoms with E-state index in [0.717, 1.165) is 5.69 Å². The molecule has 0 saturated heterocycles. The minimum Gasteiger partial charge on any atom is -0.356 e. The molecule has 13 heavy (non-hydrogen) atoms. The van der Waals surface area contributed by atoms with Gasteiger partial charge in [-0.15, -0.1) is 0 Å². The smallest absolute Gasteiger partial charge is 0.171 e. The van der Waals surface area contributed by atoms with Crippen molar-refractivity contribution in [2.24, 2.45) is 0 Å². The molecular formula is C9H10N2NaS. The molecule has 1 unspecified atom stereocenters. The third kappa shape index (κ3) is 2.23. The molecule has 0 spiro atoms. The summed E-state index contributed by atoms with van der Waals surface area (Å²) in [5.41, 5.74) is 2.39. The molecule has 0 bridgehead atoms. The summed E-state index contributed by atoms with van der Waals surface area (Å²) in [5, 5.41) is 6.98. The largest absolute Gasteiger partial charge is 0.356 e. The Balaban J connectivity index is 0.000000845. The van der Waals surface area contributed by atoms with Crippen molar-refractivity contribution < 1.29 is 0 Å². The van der Waals surface area contributed by atoms with Crippen LogP contribution in [-0.4, -0.2) is 34.7 Å². The van der Waals surface area contributed by atoms with Crippen molar-refractivity contribution in [2.45, 2.75) is 13.0 Å². The number of thiocarbonyl (C=S) groups is 1. The van der Waals surface area contributed by atoms with Crippen LogP contribution in [0.1, 0.15) is 18.5 Å². The summed E-state index contributed by atoms with van der Waals surface area (Å²) >= 11 is 5.04. The summed E-state index contributed by atoms with van der Waals surface area (Å²) in [7, 11) is 0. The van der Waals surface area contributed by atoms with E-state index in [2.05, 4.69) is 23.6 Å². The number of rotatable bonds is 0. The average Bonchev–Trinajstić information content (AvgIpc) is 2.04. The molecule has 1 aliphatic rings.